The maximum atomic E-state index is 12.2. The van der Waals surface area contributed by atoms with Crippen LogP contribution >= 0.6 is 11.8 Å². The zero-order chi connectivity index (χ0) is 18.5. The summed E-state index contributed by atoms with van der Waals surface area (Å²) in [5.74, 6) is 1.29. The maximum absolute atomic E-state index is 12.2. The standard InChI is InChI=1S/C19H23N3O3S/c1-14(23)26-12-11-21-7-9-22(10-8-21)18-13-16(19(24)25-2)15-5-3-4-6-17(15)20-18/h3-6,13H,7-12H2,1-2H3. The highest BCUT2D eigenvalue weighted by Crippen LogP contribution is 2.24. The number of anilines is 1. The molecule has 0 aliphatic carbocycles. The van der Waals surface area contributed by atoms with Gasteiger partial charge >= 0.3 is 5.97 Å². The van der Waals surface area contributed by atoms with Gasteiger partial charge in [0.1, 0.15) is 5.82 Å². The van der Waals surface area contributed by atoms with Crippen molar-refractivity contribution in [1.29, 1.82) is 0 Å². The Morgan fingerprint density at radius 3 is 2.62 bits per heavy atom. The molecule has 2 heterocycles. The summed E-state index contributed by atoms with van der Waals surface area (Å²) in [6.07, 6.45) is 0. The minimum Gasteiger partial charge on any atom is -0.465 e. The smallest absolute Gasteiger partial charge is 0.338 e. The van der Waals surface area contributed by atoms with Crippen molar-refractivity contribution in [2.75, 3.05) is 50.5 Å². The van der Waals surface area contributed by atoms with E-state index in [9.17, 15) is 9.59 Å². The molecule has 138 valence electrons. The summed E-state index contributed by atoms with van der Waals surface area (Å²) in [4.78, 5) is 32.5. The van der Waals surface area contributed by atoms with Gasteiger partial charge in [0, 0.05) is 50.8 Å². The number of rotatable bonds is 5. The summed E-state index contributed by atoms with van der Waals surface area (Å²) in [6, 6.07) is 9.46. The number of piperazine rings is 1. The summed E-state index contributed by atoms with van der Waals surface area (Å²) >= 11 is 1.37. The number of benzene rings is 1. The van der Waals surface area contributed by atoms with Gasteiger partial charge in [-0.1, -0.05) is 30.0 Å². The number of para-hydroxylation sites is 1. The van der Waals surface area contributed by atoms with Gasteiger partial charge in [-0.15, -0.1) is 0 Å². The van der Waals surface area contributed by atoms with Crippen LogP contribution in [-0.2, 0) is 9.53 Å². The van der Waals surface area contributed by atoms with E-state index >= 15 is 0 Å². The minimum atomic E-state index is -0.343. The Labute approximate surface area is 157 Å². The van der Waals surface area contributed by atoms with Crippen molar-refractivity contribution in [2.24, 2.45) is 0 Å². The SMILES string of the molecule is COC(=O)c1cc(N2CCN(CCSC(C)=O)CC2)nc2ccccc12. The number of esters is 1. The molecule has 26 heavy (non-hydrogen) atoms. The highest BCUT2D eigenvalue weighted by Gasteiger charge is 2.21. The van der Waals surface area contributed by atoms with Crippen LogP contribution in [0.4, 0.5) is 5.82 Å². The molecule has 0 bridgehead atoms. The molecule has 1 fully saturated rings. The molecule has 1 aromatic carbocycles. The molecule has 0 saturated carbocycles. The molecule has 0 N–H and O–H groups in total. The van der Waals surface area contributed by atoms with E-state index in [1.54, 1.807) is 6.92 Å². The van der Waals surface area contributed by atoms with Crippen LogP contribution in [0.1, 0.15) is 17.3 Å². The van der Waals surface area contributed by atoms with Crippen LogP contribution in [0.3, 0.4) is 0 Å². The number of aromatic nitrogens is 1. The molecule has 1 aliphatic rings. The average Bonchev–Trinajstić information content (AvgIpc) is 2.66. The van der Waals surface area contributed by atoms with E-state index in [0.717, 1.165) is 55.2 Å². The Balaban J connectivity index is 1.73. The van der Waals surface area contributed by atoms with E-state index in [1.807, 2.05) is 30.3 Å². The molecule has 1 aliphatic heterocycles. The van der Waals surface area contributed by atoms with E-state index in [-0.39, 0.29) is 11.1 Å². The molecule has 7 heteroatoms. The lowest BCUT2D eigenvalue weighted by Crippen LogP contribution is -2.47. The quantitative estimate of drug-likeness (QED) is 0.746. The zero-order valence-electron chi connectivity index (χ0n) is 15.1. The van der Waals surface area contributed by atoms with E-state index in [2.05, 4.69) is 9.80 Å². The topological polar surface area (TPSA) is 62.7 Å². The number of ether oxygens (including phenoxy) is 1. The first-order valence-corrected chi connectivity index (χ1v) is 9.66. The highest BCUT2D eigenvalue weighted by atomic mass is 32.2. The largest absolute Gasteiger partial charge is 0.465 e. The number of pyridine rings is 1. The fraction of sp³-hybridized carbons (Fsp3) is 0.421. The number of thioether (sulfide) groups is 1. The molecular formula is C19H23N3O3S. The summed E-state index contributed by atoms with van der Waals surface area (Å²) in [5.41, 5.74) is 1.35. The monoisotopic (exact) mass is 373 g/mol. The van der Waals surface area contributed by atoms with Gasteiger partial charge in [0.15, 0.2) is 5.12 Å². The van der Waals surface area contributed by atoms with Gasteiger partial charge in [-0.3, -0.25) is 9.69 Å². The first kappa shape index (κ1) is 18.7. The third-order valence-corrected chi connectivity index (χ3v) is 5.31. The number of carbonyl (C=O) groups is 2. The Morgan fingerprint density at radius 2 is 1.92 bits per heavy atom. The third kappa shape index (κ3) is 4.34. The van der Waals surface area contributed by atoms with Crippen LogP contribution in [0.2, 0.25) is 0 Å². The molecule has 0 amide bonds. The van der Waals surface area contributed by atoms with E-state index in [0.29, 0.717) is 5.56 Å². The molecule has 0 radical (unpaired) electrons. The molecule has 1 saturated heterocycles. The minimum absolute atomic E-state index is 0.166. The van der Waals surface area contributed by atoms with Crippen LogP contribution in [0.25, 0.3) is 10.9 Å². The average molecular weight is 373 g/mol. The second-order valence-corrected chi connectivity index (χ2v) is 7.48. The van der Waals surface area contributed by atoms with Crippen LogP contribution in [0.15, 0.2) is 30.3 Å². The van der Waals surface area contributed by atoms with Gasteiger partial charge in [0.2, 0.25) is 0 Å². The van der Waals surface area contributed by atoms with Gasteiger partial charge < -0.3 is 9.64 Å². The van der Waals surface area contributed by atoms with Crippen molar-refractivity contribution >= 4 is 39.6 Å². The molecule has 0 unspecified atom stereocenters. The lowest BCUT2D eigenvalue weighted by Gasteiger charge is -2.35. The third-order valence-electron chi connectivity index (χ3n) is 4.52. The fourth-order valence-corrected chi connectivity index (χ4v) is 3.76. The van der Waals surface area contributed by atoms with Gasteiger partial charge in [0.25, 0.3) is 0 Å². The number of fused-ring (bicyclic) bond motifs is 1. The number of methoxy groups -OCH3 is 1. The maximum Gasteiger partial charge on any atom is 0.338 e. The molecule has 2 aromatic rings. The van der Waals surface area contributed by atoms with E-state index in [1.165, 1.54) is 18.9 Å². The first-order chi connectivity index (χ1) is 12.6. The predicted molar refractivity (Wildman–Crippen MR) is 105 cm³/mol. The van der Waals surface area contributed by atoms with Gasteiger partial charge in [-0.25, -0.2) is 9.78 Å². The van der Waals surface area contributed by atoms with Crippen molar-refractivity contribution in [3.8, 4) is 0 Å². The zero-order valence-corrected chi connectivity index (χ0v) is 15.9. The van der Waals surface area contributed by atoms with Crippen molar-refractivity contribution in [1.82, 2.24) is 9.88 Å². The second kappa shape index (κ2) is 8.51. The highest BCUT2D eigenvalue weighted by molar-refractivity contribution is 8.13. The van der Waals surface area contributed by atoms with Gasteiger partial charge in [-0.2, -0.15) is 0 Å². The molecular weight excluding hydrogens is 350 g/mol. The summed E-state index contributed by atoms with van der Waals surface area (Å²) < 4.78 is 4.94. The first-order valence-electron chi connectivity index (χ1n) is 8.67. The van der Waals surface area contributed by atoms with E-state index in [4.69, 9.17) is 9.72 Å². The lowest BCUT2D eigenvalue weighted by atomic mass is 10.1. The van der Waals surface area contributed by atoms with Crippen molar-refractivity contribution in [2.45, 2.75) is 6.92 Å². The second-order valence-electron chi connectivity index (χ2n) is 6.21. The fourth-order valence-electron chi connectivity index (χ4n) is 3.12. The molecule has 0 spiro atoms. The Hall–Kier alpha value is -2.12. The van der Waals surface area contributed by atoms with Crippen molar-refractivity contribution < 1.29 is 14.3 Å². The summed E-state index contributed by atoms with van der Waals surface area (Å²) in [6.45, 7) is 6.04. The van der Waals surface area contributed by atoms with Gasteiger partial charge in [0.05, 0.1) is 18.2 Å². The van der Waals surface area contributed by atoms with Gasteiger partial charge in [-0.05, 0) is 12.1 Å². The molecule has 1 aromatic heterocycles. The number of carbonyl (C=O) groups excluding carboxylic acids is 2. The van der Waals surface area contributed by atoms with E-state index < -0.39 is 0 Å². The molecule has 3 rings (SSSR count). The number of hydrogen-bond acceptors (Lipinski definition) is 7. The van der Waals surface area contributed by atoms with Crippen LogP contribution in [-0.4, -0.2) is 66.6 Å². The Bertz CT molecular complexity index is 804. The number of nitrogens with zero attached hydrogens (tertiary/aromatic N) is 3. The predicted octanol–water partition coefficient (Wildman–Crippen LogP) is 2.42. The van der Waals surface area contributed by atoms with Crippen LogP contribution < -0.4 is 4.90 Å². The normalized spacial score (nSPS) is 15.2. The summed E-state index contributed by atoms with van der Waals surface area (Å²) in [5, 5.41) is 0.974. The Kier molecular flexibility index (Phi) is 6.11. The molecule has 0 atom stereocenters. The number of hydrogen-bond donors (Lipinski definition) is 0. The molecule has 6 nitrogen and oxygen atoms in total. The van der Waals surface area contributed by atoms with Crippen LogP contribution in [0, 0.1) is 0 Å². The lowest BCUT2D eigenvalue weighted by molar-refractivity contribution is -0.109. The Morgan fingerprint density at radius 1 is 1.19 bits per heavy atom. The summed E-state index contributed by atoms with van der Waals surface area (Å²) in [7, 11) is 1.40. The van der Waals surface area contributed by atoms with Crippen LogP contribution in [0.5, 0.6) is 0 Å². The van der Waals surface area contributed by atoms with Crippen molar-refractivity contribution in [3.05, 3.63) is 35.9 Å². The van der Waals surface area contributed by atoms with Crippen molar-refractivity contribution in [3.63, 3.8) is 0 Å².